The molecule has 0 bridgehead atoms. The topological polar surface area (TPSA) is 63.1 Å². The summed E-state index contributed by atoms with van der Waals surface area (Å²) in [6, 6.07) is 4.55. The fraction of sp³-hybridized carbons (Fsp3) is 0.550. The number of nitrogens with zero attached hydrogens (tertiary/aromatic N) is 4. The van der Waals surface area contributed by atoms with Crippen LogP contribution in [0, 0.1) is 0 Å². The number of piperidine rings is 1. The van der Waals surface area contributed by atoms with Crippen LogP contribution in [-0.4, -0.2) is 44.3 Å². The van der Waals surface area contributed by atoms with Crippen molar-refractivity contribution in [2.45, 2.75) is 63.3 Å². The van der Waals surface area contributed by atoms with Crippen LogP contribution >= 0.6 is 0 Å². The molecule has 4 rings (SSSR count). The number of likely N-dealkylation sites (tertiary alicyclic amines) is 1. The first-order valence-corrected chi connectivity index (χ1v) is 10.0. The molecule has 156 valence electrons. The van der Waals surface area contributed by atoms with Crippen LogP contribution in [0.2, 0.25) is 0 Å². The minimum atomic E-state index is -4.37. The number of carbonyl (C=O) groups is 1. The van der Waals surface area contributed by atoms with Crippen LogP contribution in [0.15, 0.2) is 30.5 Å². The SMILES string of the molecule is CC[C@@H]1C[C@H](C(F)(F)F)n2nc([C@H]3CCCCN3C(=O)c3ccccn3)cc2N1. The lowest BCUT2D eigenvalue weighted by molar-refractivity contribution is -0.173. The number of amides is 1. The van der Waals surface area contributed by atoms with Crippen LogP contribution < -0.4 is 5.32 Å². The summed E-state index contributed by atoms with van der Waals surface area (Å²) in [4.78, 5) is 18.8. The van der Waals surface area contributed by atoms with Gasteiger partial charge in [0.25, 0.3) is 5.91 Å². The molecule has 1 fully saturated rings. The van der Waals surface area contributed by atoms with E-state index in [4.69, 9.17) is 0 Å². The first-order chi connectivity index (χ1) is 13.9. The molecule has 0 radical (unpaired) electrons. The van der Waals surface area contributed by atoms with Crippen LogP contribution in [-0.2, 0) is 0 Å². The monoisotopic (exact) mass is 407 g/mol. The Labute approximate surface area is 167 Å². The highest BCUT2D eigenvalue weighted by atomic mass is 19.4. The fourth-order valence-electron chi connectivity index (χ4n) is 4.22. The van der Waals surface area contributed by atoms with Gasteiger partial charge in [-0.1, -0.05) is 13.0 Å². The van der Waals surface area contributed by atoms with Crippen LogP contribution in [0.3, 0.4) is 0 Å². The second-order valence-corrected chi connectivity index (χ2v) is 7.67. The molecule has 0 aliphatic carbocycles. The van der Waals surface area contributed by atoms with Crippen molar-refractivity contribution in [3.05, 3.63) is 41.9 Å². The second-order valence-electron chi connectivity index (χ2n) is 7.67. The molecule has 0 saturated carbocycles. The zero-order valence-corrected chi connectivity index (χ0v) is 16.2. The quantitative estimate of drug-likeness (QED) is 0.822. The van der Waals surface area contributed by atoms with Crippen molar-refractivity contribution in [2.24, 2.45) is 0 Å². The predicted octanol–water partition coefficient (Wildman–Crippen LogP) is 4.34. The molecule has 2 aromatic heterocycles. The number of pyridine rings is 1. The molecule has 1 amide bonds. The van der Waals surface area contributed by atoms with E-state index in [0.29, 0.717) is 36.6 Å². The number of rotatable bonds is 3. The van der Waals surface area contributed by atoms with E-state index >= 15 is 0 Å². The van der Waals surface area contributed by atoms with E-state index < -0.39 is 12.2 Å². The molecule has 0 unspecified atom stereocenters. The van der Waals surface area contributed by atoms with Gasteiger partial charge in [0.2, 0.25) is 0 Å². The lowest BCUT2D eigenvalue weighted by Gasteiger charge is -2.34. The van der Waals surface area contributed by atoms with Crippen molar-refractivity contribution >= 4 is 11.7 Å². The number of aromatic nitrogens is 3. The summed E-state index contributed by atoms with van der Waals surface area (Å²) in [5.41, 5.74) is 0.836. The molecule has 2 aromatic rings. The maximum atomic E-state index is 13.6. The first-order valence-electron chi connectivity index (χ1n) is 10.0. The number of fused-ring (bicyclic) bond motifs is 1. The van der Waals surface area contributed by atoms with Crippen LogP contribution in [0.5, 0.6) is 0 Å². The van der Waals surface area contributed by atoms with Gasteiger partial charge in [0.1, 0.15) is 11.5 Å². The summed E-state index contributed by atoms with van der Waals surface area (Å²) in [5, 5.41) is 7.51. The summed E-state index contributed by atoms with van der Waals surface area (Å²) < 4.78 is 42.0. The zero-order valence-electron chi connectivity index (χ0n) is 16.2. The molecule has 29 heavy (non-hydrogen) atoms. The molecule has 9 heteroatoms. The summed E-state index contributed by atoms with van der Waals surface area (Å²) in [5.74, 6) is 0.157. The highest BCUT2D eigenvalue weighted by Crippen LogP contribution is 2.42. The minimum Gasteiger partial charge on any atom is -0.367 e. The molecule has 2 aliphatic rings. The number of anilines is 1. The highest BCUT2D eigenvalue weighted by molar-refractivity contribution is 5.92. The molecule has 1 N–H and O–H groups in total. The number of alkyl halides is 3. The Bertz CT molecular complexity index is 867. The molecule has 4 heterocycles. The van der Waals surface area contributed by atoms with E-state index in [1.54, 1.807) is 35.4 Å². The van der Waals surface area contributed by atoms with Gasteiger partial charge < -0.3 is 10.2 Å². The number of nitrogens with one attached hydrogen (secondary N) is 1. The molecule has 1 saturated heterocycles. The Balaban J connectivity index is 1.67. The number of hydrogen-bond acceptors (Lipinski definition) is 4. The van der Waals surface area contributed by atoms with Gasteiger partial charge >= 0.3 is 6.18 Å². The molecule has 0 spiro atoms. The van der Waals surface area contributed by atoms with Crippen LogP contribution in [0.1, 0.15) is 67.3 Å². The maximum absolute atomic E-state index is 13.6. The number of hydrogen-bond donors (Lipinski definition) is 1. The Hall–Kier alpha value is -2.58. The summed E-state index contributed by atoms with van der Waals surface area (Å²) in [7, 11) is 0. The fourth-order valence-corrected chi connectivity index (χ4v) is 4.22. The van der Waals surface area contributed by atoms with Gasteiger partial charge in [-0.25, -0.2) is 4.68 Å². The van der Waals surface area contributed by atoms with E-state index in [9.17, 15) is 18.0 Å². The van der Waals surface area contributed by atoms with Crippen molar-refractivity contribution in [3.63, 3.8) is 0 Å². The molecule has 3 atom stereocenters. The van der Waals surface area contributed by atoms with E-state index in [0.717, 1.165) is 17.5 Å². The molecular formula is C20H24F3N5O. The molecule has 0 aromatic carbocycles. The van der Waals surface area contributed by atoms with E-state index in [1.165, 1.54) is 0 Å². The summed E-state index contributed by atoms with van der Waals surface area (Å²) in [6.07, 6.45) is 0.156. The zero-order chi connectivity index (χ0) is 20.6. The van der Waals surface area contributed by atoms with Crippen LogP contribution in [0.4, 0.5) is 19.0 Å². The highest BCUT2D eigenvalue weighted by Gasteiger charge is 2.46. The van der Waals surface area contributed by atoms with Gasteiger partial charge in [-0.2, -0.15) is 18.3 Å². The Morgan fingerprint density at radius 1 is 1.31 bits per heavy atom. The predicted molar refractivity (Wildman–Crippen MR) is 102 cm³/mol. The van der Waals surface area contributed by atoms with E-state index in [1.807, 2.05) is 6.92 Å². The third-order valence-electron chi connectivity index (χ3n) is 5.77. The normalized spacial score (nSPS) is 24.7. The van der Waals surface area contributed by atoms with Crippen molar-refractivity contribution in [1.29, 1.82) is 0 Å². The van der Waals surface area contributed by atoms with Gasteiger partial charge in [-0.15, -0.1) is 0 Å². The minimum absolute atomic E-state index is 0.0463. The lowest BCUT2D eigenvalue weighted by atomic mass is 9.98. The Morgan fingerprint density at radius 2 is 2.14 bits per heavy atom. The Morgan fingerprint density at radius 3 is 2.83 bits per heavy atom. The van der Waals surface area contributed by atoms with Gasteiger partial charge in [0, 0.05) is 24.8 Å². The van der Waals surface area contributed by atoms with E-state index in [2.05, 4.69) is 15.4 Å². The summed E-state index contributed by atoms with van der Waals surface area (Å²) in [6.45, 7) is 2.41. The average molecular weight is 407 g/mol. The Kier molecular flexibility index (Phi) is 5.23. The smallest absolute Gasteiger partial charge is 0.367 e. The van der Waals surface area contributed by atoms with Crippen molar-refractivity contribution in [1.82, 2.24) is 19.7 Å². The molecule has 6 nitrogen and oxygen atoms in total. The average Bonchev–Trinajstić information content (AvgIpc) is 3.16. The van der Waals surface area contributed by atoms with Gasteiger partial charge in [-0.05, 0) is 44.2 Å². The standard InChI is InChI=1S/C20H24F3N5O/c1-2-13-11-17(20(21,22)23)28-18(25-13)12-15(26-28)16-8-4-6-10-27(16)19(29)14-7-3-5-9-24-14/h3,5,7,9,12-13,16-17,25H,2,4,6,8,10-11H2,1H3/t13-,16-,17-/m1/s1. The van der Waals surface area contributed by atoms with Gasteiger partial charge in [0.05, 0.1) is 11.7 Å². The van der Waals surface area contributed by atoms with Crippen molar-refractivity contribution < 1.29 is 18.0 Å². The van der Waals surface area contributed by atoms with Gasteiger partial charge in [0.15, 0.2) is 6.04 Å². The maximum Gasteiger partial charge on any atom is 0.410 e. The number of halogens is 3. The number of carbonyl (C=O) groups excluding carboxylic acids is 1. The van der Waals surface area contributed by atoms with E-state index in [-0.39, 0.29) is 24.4 Å². The van der Waals surface area contributed by atoms with Crippen molar-refractivity contribution in [3.8, 4) is 0 Å². The third kappa shape index (κ3) is 3.82. The van der Waals surface area contributed by atoms with Gasteiger partial charge in [-0.3, -0.25) is 9.78 Å². The van der Waals surface area contributed by atoms with Crippen LogP contribution in [0.25, 0.3) is 0 Å². The second kappa shape index (κ2) is 7.68. The largest absolute Gasteiger partial charge is 0.410 e. The molecule has 2 aliphatic heterocycles. The first kappa shape index (κ1) is 19.7. The third-order valence-corrected chi connectivity index (χ3v) is 5.77. The van der Waals surface area contributed by atoms with Crippen molar-refractivity contribution in [2.75, 3.05) is 11.9 Å². The summed E-state index contributed by atoms with van der Waals surface area (Å²) >= 11 is 0. The molecular weight excluding hydrogens is 383 g/mol. The lowest BCUT2D eigenvalue weighted by Crippen LogP contribution is -2.40.